The van der Waals surface area contributed by atoms with Crippen LogP contribution in [0.25, 0.3) is 0 Å². The molecule has 0 spiro atoms. The minimum Gasteiger partial charge on any atom is -0.385 e. The predicted octanol–water partition coefficient (Wildman–Crippen LogP) is 0.703. The molecule has 1 atom stereocenters. The number of carbonyl (C=O) groups is 1. The molecule has 1 saturated heterocycles. The molecular formula is C10H21ClN2O2. The van der Waals surface area contributed by atoms with Crippen LogP contribution in [0.4, 0.5) is 0 Å². The summed E-state index contributed by atoms with van der Waals surface area (Å²) in [6.45, 7) is 2.49. The van der Waals surface area contributed by atoms with Crippen LogP contribution >= 0.6 is 12.4 Å². The van der Waals surface area contributed by atoms with Gasteiger partial charge in [-0.05, 0) is 25.8 Å². The van der Waals surface area contributed by atoms with Crippen molar-refractivity contribution in [3.63, 3.8) is 0 Å². The molecule has 1 fully saturated rings. The van der Waals surface area contributed by atoms with E-state index in [2.05, 4.69) is 10.6 Å². The maximum Gasteiger partial charge on any atom is 0.221 e. The van der Waals surface area contributed by atoms with E-state index < -0.39 is 0 Å². The van der Waals surface area contributed by atoms with Gasteiger partial charge in [-0.25, -0.2) is 0 Å². The zero-order valence-electron chi connectivity index (χ0n) is 9.25. The minimum absolute atomic E-state index is 0. The molecule has 1 amide bonds. The maximum absolute atomic E-state index is 11.4. The van der Waals surface area contributed by atoms with Crippen LogP contribution in [0, 0.1) is 0 Å². The lowest BCUT2D eigenvalue weighted by Crippen LogP contribution is -2.32. The number of hydrogen-bond donors (Lipinski definition) is 2. The van der Waals surface area contributed by atoms with Crippen LogP contribution in [0.1, 0.15) is 25.7 Å². The van der Waals surface area contributed by atoms with Crippen LogP contribution < -0.4 is 10.6 Å². The molecule has 0 aromatic heterocycles. The molecule has 0 saturated carbocycles. The predicted molar refractivity (Wildman–Crippen MR) is 62.4 cm³/mol. The first-order chi connectivity index (χ1) is 6.83. The summed E-state index contributed by atoms with van der Waals surface area (Å²) in [4.78, 5) is 11.4. The highest BCUT2D eigenvalue weighted by molar-refractivity contribution is 5.85. The number of carbonyl (C=O) groups excluding carboxylic acids is 1. The molecule has 2 N–H and O–H groups in total. The van der Waals surface area contributed by atoms with Crippen LogP contribution in [0.5, 0.6) is 0 Å². The number of rotatable bonds is 6. The van der Waals surface area contributed by atoms with E-state index in [1.54, 1.807) is 7.11 Å². The molecule has 0 aromatic carbocycles. The Kier molecular flexibility index (Phi) is 8.76. The summed E-state index contributed by atoms with van der Waals surface area (Å²) >= 11 is 0. The second-order valence-corrected chi connectivity index (χ2v) is 3.69. The van der Waals surface area contributed by atoms with E-state index >= 15 is 0 Å². The van der Waals surface area contributed by atoms with E-state index in [9.17, 15) is 4.79 Å². The highest BCUT2D eigenvalue weighted by Crippen LogP contribution is 2.07. The first kappa shape index (κ1) is 14.7. The van der Waals surface area contributed by atoms with Crippen molar-refractivity contribution in [2.75, 3.05) is 26.8 Å². The van der Waals surface area contributed by atoms with E-state index in [0.717, 1.165) is 25.9 Å². The number of hydrogen-bond acceptors (Lipinski definition) is 3. The Labute approximate surface area is 97.5 Å². The Morgan fingerprint density at radius 2 is 2.40 bits per heavy atom. The van der Waals surface area contributed by atoms with Gasteiger partial charge in [0, 0.05) is 32.7 Å². The van der Waals surface area contributed by atoms with Gasteiger partial charge in [0.2, 0.25) is 5.91 Å². The van der Waals surface area contributed by atoms with E-state index in [-0.39, 0.29) is 18.3 Å². The van der Waals surface area contributed by atoms with Gasteiger partial charge in [0.05, 0.1) is 0 Å². The topological polar surface area (TPSA) is 50.4 Å². The van der Waals surface area contributed by atoms with Crippen molar-refractivity contribution in [1.29, 1.82) is 0 Å². The van der Waals surface area contributed by atoms with Gasteiger partial charge in [-0.2, -0.15) is 0 Å². The molecule has 1 heterocycles. The van der Waals surface area contributed by atoms with Gasteiger partial charge >= 0.3 is 0 Å². The van der Waals surface area contributed by atoms with Gasteiger partial charge in [-0.15, -0.1) is 12.4 Å². The molecule has 1 aliphatic rings. The SMILES string of the molecule is COCCCNC(=O)CC1CCCN1.Cl. The molecule has 90 valence electrons. The van der Waals surface area contributed by atoms with Gasteiger partial charge in [-0.1, -0.05) is 0 Å². The summed E-state index contributed by atoms with van der Waals surface area (Å²) in [5.74, 6) is 0.153. The standard InChI is InChI=1S/C10H20N2O2.ClH/c1-14-7-3-6-12-10(13)8-9-4-2-5-11-9;/h9,11H,2-8H2,1H3,(H,12,13);1H. The summed E-state index contributed by atoms with van der Waals surface area (Å²) in [5, 5.41) is 6.19. The van der Waals surface area contributed by atoms with Gasteiger partial charge in [0.1, 0.15) is 0 Å². The zero-order valence-corrected chi connectivity index (χ0v) is 10.1. The molecule has 15 heavy (non-hydrogen) atoms. The number of ether oxygens (including phenoxy) is 1. The lowest BCUT2D eigenvalue weighted by atomic mass is 10.1. The van der Waals surface area contributed by atoms with Gasteiger partial charge in [-0.3, -0.25) is 4.79 Å². The molecular weight excluding hydrogens is 216 g/mol. The lowest BCUT2D eigenvalue weighted by molar-refractivity contribution is -0.121. The molecule has 0 aromatic rings. The molecule has 0 bridgehead atoms. The number of amides is 1. The Morgan fingerprint density at radius 3 is 3.00 bits per heavy atom. The summed E-state index contributed by atoms with van der Waals surface area (Å²) in [6.07, 6.45) is 3.83. The van der Waals surface area contributed by atoms with Crippen molar-refractivity contribution in [1.82, 2.24) is 10.6 Å². The lowest BCUT2D eigenvalue weighted by Gasteiger charge is -2.09. The number of halogens is 1. The van der Waals surface area contributed by atoms with Crippen molar-refractivity contribution in [3.05, 3.63) is 0 Å². The monoisotopic (exact) mass is 236 g/mol. The average Bonchev–Trinajstić information content (AvgIpc) is 2.65. The molecule has 0 aliphatic carbocycles. The van der Waals surface area contributed by atoms with E-state index in [1.165, 1.54) is 6.42 Å². The molecule has 0 radical (unpaired) electrons. The smallest absolute Gasteiger partial charge is 0.221 e. The molecule has 5 heteroatoms. The summed E-state index contributed by atoms with van der Waals surface area (Å²) < 4.78 is 4.89. The Balaban J connectivity index is 0.00000196. The Hall–Kier alpha value is -0.320. The van der Waals surface area contributed by atoms with Crippen LogP contribution in [0.15, 0.2) is 0 Å². The highest BCUT2D eigenvalue weighted by Gasteiger charge is 2.16. The van der Waals surface area contributed by atoms with Gasteiger partial charge in [0.25, 0.3) is 0 Å². The van der Waals surface area contributed by atoms with E-state index in [0.29, 0.717) is 19.1 Å². The molecule has 1 rings (SSSR count). The van der Waals surface area contributed by atoms with E-state index in [1.807, 2.05) is 0 Å². The van der Waals surface area contributed by atoms with Crippen molar-refractivity contribution in [3.8, 4) is 0 Å². The van der Waals surface area contributed by atoms with Crippen LogP contribution in [0.3, 0.4) is 0 Å². The van der Waals surface area contributed by atoms with Crippen molar-refractivity contribution >= 4 is 18.3 Å². The molecule has 4 nitrogen and oxygen atoms in total. The summed E-state index contributed by atoms with van der Waals surface area (Å²) in [5.41, 5.74) is 0. The zero-order chi connectivity index (χ0) is 10.2. The summed E-state index contributed by atoms with van der Waals surface area (Å²) in [6, 6.07) is 0.400. The second kappa shape index (κ2) is 8.95. The normalized spacial score (nSPS) is 19.7. The number of nitrogens with one attached hydrogen (secondary N) is 2. The van der Waals surface area contributed by atoms with Crippen molar-refractivity contribution in [2.24, 2.45) is 0 Å². The molecule has 1 unspecified atom stereocenters. The Bertz CT molecular complexity index is 173. The molecule has 1 aliphatic heterocycles. The first-order valence-corrected chi connectivity index (χ1v) is 5.32. The third-order valence-corrected chi connectivity index (χ3v) is 2.44. The Morgan fingerprint density at radius 1 is 1.60 bits per heavy atom. The van der Waals surface area contributed by atoms with Crippen molar-refractivity contribution in [2.45, 2.75) is 31.7 Å². The van der Waals surface area contributed by atoms with Gasteiger partial charge in [0.15, 0.2) is 0 Å². The van der Waals surface area contributed by atoms with Crippen LogP contribution in [-0.4, -0.2) is 38.8 Å². The fourth-order valence-corrected chi connectivity index (χ4v) is 1.67. The minimum atomic E-state index is 0. The first-order valence-electron chi connectivity index (χ1n) is 5.32. The van der Waals surface area contributed by atoms with Crippen LogP contribution in [0.2, 0.25) is 0 Å². The van der Waals surface area contributed by atoms with Crippen LogP contribution in [-0.2, 0) is 9.53 Å². The average molecular weight is 237 g/mol. The fraction of sp³-hybridized carbons (Fsp3) is 0.900. The number of methoxy groups -OCH3 is 1. The van der Waals surface area contributed by atoms with Crippen molar-refractivity contribution < 1.29 is 9.53 Å². The van der Waals surface area contributed by atoms with E-state index in [4.69, 9.17) is 4.74 Å². The highest BCUT2D eigenvalue weighted by atomic mass is 35.5. The van der Waals surface area contributed by atoms with Gasteiger partial charge < -0.3 is 15.4 Å². The fourth-order valence-electron chi connectivity index (χ4n) is 1.67. The quantitative estimate of drug-likeness (QED) is 0.668. The summed E-state index contributed by atoms with van der Waals surface area (Å²) in [7, 11) is 1.67. The third kappa shape index (κ3) is 6.71. The third-order valence-electron chi connectivity index (χ3n) is 2.44. The maximum atomic E-state index is 11.4. The second-order valence-electron chi connectivity index (χ2n) is 3.69. The largest absolute Gasteiger partial charge is 0.385 e.